The molecular weight excluding hydrogens is 553 g/mol. The van der Waals surface area contributed by atoms with Crippen LogP contribution in [0.15, 0.2) is 30.3 Å². The maximum absolute atomic E-state index is 15.9. The van der Waals surface area contributed by atoms with Crippen molar-refractivity contribution in [2.24, 2.45) is 0 Å². The average Bonchev–Trinajstić information content (AvgIpc) is 3.54. The lowest BCUT2D eigenvalue weighted by Crippen LogP contribution is -2.52. The Labute approximate surface area is 248 Å². The molecule has 4 aliphatic rings. The van der Waals surface area contributed by atoms with Crippen molar-refractivity contribution in [3.8, 4) is 0 Å². The van der Waals surface area contributed by atoms with Crippen LogP contribution in [0.2, 0.25) is 0 Å². The van der Waals surface area contributed by atoms with E-state index in [1.807, 2.05) is 11.8 Å². The Bertz CT molecular complexity index is 1650. The zero-order valence-electron chi connectivity index (χ0n) is 24.1. The van der Waals surface area contributed by atoms with Gasteiger partial charge in [0.05, 0.1) is 19.8 Å². The highest BCUT2D eigenvalue weighted by Crippen LogP contribution is 2.37. The monoisotopic (exact) mass is 587 g/mol. The molecule has 0 aliphatic carbocycles. The predicted octanol–water partition coefficient (Wildman–Crippen LogP) is 3.23. The van der Waals surface area contributed by atoms with Gasteiger partial charge in [0.1, 0.15) is 17.6 Å². The van der Waals surface area contributed by atoms with Gasteiger partial charge < -0.3 is 24.4 Å². The van der Waals surface area contributed by atoms with Crippen molar-refractivity contribution in [1.82, 2.24) is 20.1 Å². The molecule has 224 valence electrons. The number of nitrogens with zero attached hydrogens (tertiary/aromatic N) is 3. The van der Waals surface area contributed by atoms with E-state index in [1.165, 1.54) is 4.90 Å². The average molecular weight is 588 g/mol. The lowest BCUT2D eigenvalue weighted by Gasteiger charge is -2.32. The number of amides is 4. The van der Waals surface area contributed by atoms with Crippen LogP contribution < -0.4 is 10.2 Å². The van der Waals surface area contributed by atoms with Gasteiger partial charge in [-0.15, -0.1) is 0 Å². The lowest BCUT2D eigenvalue weighted by molar-refractivity contribution is -0.136. The molecule has 4 amide bonds. The van der Waals surface area contributed by atoms with Crippen molar-refractivity contribution < 1.29 is 28.3 Å². The Hall–Kier alpha value is -4.25. The van der Waals surface area contributed by atoms with Gasteiger partial charge in [0.15, 0.2) is 0 Å². The zero-order valence-corrected chi connectivity index (χ0v) is 24.1. The molecule has 0 radical (unpaired) electrons. The molecule has 0 spiro atoms. The number of imide groups is 1. The number of fused-ring (bicyclic) bond motifs is 2. The smallest absolute Gasteiger partial charge is 0.270 e. The molecule has 11 heteroatoms. The number of morpholine rings is 1. The fraction of sp³-hybridized carbons (Fsp3) is 0.438. The largest absolute Gasteiger partial charge is 0.378 e. The van der Waals surface area contributed by atoms with Crippen molar-refractivity contribution in [2.75, 3.05) is 44.3 Å². The summed E-state index contributed by atoms with van der Waals surface area (Å²) in [6.45, 7) is 6.04. The number of carbonyl (C=O) groups excluding carboxylic acids is 4. The van der Waals surface area contributed by atoms with Crippen molar-refractivity contribution in [3.05, 3.63) is 64.1 Å². The highest BCUT2D eigenvalue weighted by atomic mass is 19.1. The molecule has 1 atom stereocenters. The molecule has 5 heterocycles. The minimum Gasteiger partial charge on any atom is -0.378 e. The molecule has 43 heavy (non-hydrogen) atoms. The molecule has 0 bridgehead atoms. The zero-order chi connectivity index (χ0) is 29.8. The number of halogens is 1. The fourth-order valence-corrected chi connectivity index (χ4v) is 7.05. The molecule has 1 aromatic heterocycles. The molecule has 2 aromatic carbocycles. The van der Waals surface area contributed by atoms with Gasteiger partial charge in [0.2, 0.25) is 11.8 Å². The first kappa shape index (κ1) is 27.6. The second-order valence-corrected chi connectivity index (χ2v) is 11.9. The maximum Gasteiger partial charge on any atom is 0.270 e. The molecule has 10 nitrogen and oxygen atoms in total. The van der Waals surface area contributed by atoms with Gasteiger partial charge in [-0.05, 0) is 61.4 Å². The first-order valence-corrected chi connectivity index (χ1v) is 15.0. The van der Waals surface area contributed by atoms with Crippen LogP contribution >= 0.6 is 0 Å². The third kappa shape index (κ3) is 4.75. The molecule has 7 rings (SSSR count). The molecule has 4 aliphatic heterocycles. The van der Waals surface area contributed by atoms with E-state index in [1.54, 1.807) is 12.1 Å². The molecule has 3 fully saturated rings. The number of likely N-dealkylation sites (tertiary alicyclic amines) is 1. The van der Waals surface area contributed by atoms with Gasteiger partial charge in [-0.3, -0.25) is 24.5 Å². The van der Waals surface area contributed by atoms with Crippen molar-refractivity contribution >= 4 is 40.2 Å². The van der Waals surface area contributed by atoms with Crippen LogP contribution in [0.4, 0.5) is 10.1 Å². The number of benzene rings is 2. The number of piperidine rings is 2. The van der Waals surface area contributed by atoms with Gasteiger partial charge in [-0.1, -0.05) is 12.1 Å². The Balaban J connectivity index is 1.04. The first-order valence-electron chi connectivity index (χ1n) is 15.0. The van der Waals surface area contributed by atoms with Gasteiger partial charge in [-0.25, -0.2) is 4.39 Å². The SMILES string of the molecule is Cc1c(C(=O)N2CCC(c3ccc4c(c3F)CN(C3CCC(=O)NC3=O)C4=O)CC2)[nH]c2cc(N3CCOCC3)ccc12. The highest BCUT2D eigenvalue weighted by Gasteiger charge is 2.41. The predicted molar refractivity (Wildman–Crippen MR) is 156 cm³/mol. The Morgan fingerprint density at radius 3 is 2.51 bits per heavy atom. The molecule has 0 saturated carbocycles. The summed E-state index contributed by atoms with van der Waals surface area (Å²) in [7, 11) is 0. The van der Waals surface area contributed by atoms with E-state index >= 15 is 4.39 Å². The van der Waals surface area contributed by atoms with Crippen molar-refractivity contribution in [3.63, 3.8) is 0 Å². The van der Waals surface area contributed by atoms with Crippen molar-refractivity contribution in [2.45, 2.75) is 51.1 Å². The van der Waals surface area contributed by atoms with Gasteiger partial charge in [-0.2, -0.15) is 0 Å². The van der Waals surface area contributed by atoms with E-state index in [2.05, 4.69) is 33.4 Å². The van der Waals surface area contributed by atoms with E-state index in [0.29, 0.717) is 56.0 Å². The molecule has 3 aromatic rings. The number of hydrogen-bond acceptors (Lipinski definition) is 6. The van der Waals surface area contributed by atoms with E-state index < -0.39 is 17.8 Å². The highest BCUT2D eigenvalue weighted by molar-refractivity contribution is 6.05. The summed E-state index contributed by atoms with van der Waals surface area (Å²) in [4.78, 5) is 59.4. The van der Waals surface area contributed by atoms with Gasteiger partial charge in [0.25, 0.3) is 11.8 Å². The Kier molecular flexibility index (Phi) is 6.92. The number of aromatic amines is 1. The van der Waals surface area contributed by atoms with Crippen LogP contribution in [0.25, 0.3) is 10.9 Å². The summed E-state index contributed by atoms with van der Waals surface area (Å²) >= 11 is 0. The summed E-state index contributed by atoms with van der Waals surface area (Å²) in [6.07, 6.45) is 1.59. The van der Waals surface area contributed by atoms with Crippen LogP contribution in [-0.2, 0) is 20.9 Å². The van der Waals surface area contributed by atoms with Crippen LogP contribution in [0.1, 0.15) is 69.1 Å². The lowest BCUT2D eigenvalue weighted by atomic mass is 9.87. The van der Waals surface area contributed by atoms with E-state index in [-0.39, 0.29) is 48.6 Å². The van der Waals surface area contributed by atoms with Crippen LogP contribution in [0.3, 0.4) is 0 Å². The summed E-state index contributed by atoms with van der Waals surface area (Å²) in [5.41, 5.74) is 4.66. The van der Waals surface area contributed by atoms with Crippen LogP contribution in [0.5, 0.6) is 0 Å². The number of anilines is 1. The van der Waals surface area contributed by atoms with Gasteiger partial charge >= 0.3 is 0 Å². The second-order valence-electron chi connectivity index (χ2n) is 11.9. The van der Waals surface area contributed by atoms with Crippen LogP contribution in [-0.4, -0.2) is 83.8 Å². The first-order chi connectivity index (χ1) is 20.8. The third-order valence-corrected chi connectivity index (χ3v) is 9.53. The number of ether oxygens (including phenoxy) is 1. The quantitative estimate of drug-likeness (QED) is 0.453. The Morgan fingerprint density at radius 1 is 1.00 bits per heavy atom. The number of aromatic nitrogens is 1. The van der Waals surface area contributed by atoms with Crippen molar-refractivity contribution in [1.29, 1.82) is 0 Å². The number of nitrogens with one attached hydrogen (secondary N) is 2. The summed E-state index contributed by atoms with van der Waals surface area (Å²) in [5, 5.41) is 3.30. The molecular formula is C32H34FN5O5. The normalized spacial score (nSPS) is 21.5. The number of H-pyrrole nitrogens is 1. The minimum atomic E-state index is -0.784. The summed E-state index contributed by atoms with van der Waals surface area (Å²) in [5.74, 6) is -1.82. The molecule has 1 unspecified atom stereocenters. The number of rotatable bonds is 4. The molecule has 2 N–H and O–H groups in total. The standard InChI is InChI=1S/C32H34FN5O5/c1-18-21-3-2-20(36-12-14-43-15-13-36)16-25(21)34-29(18)32(42)37-10-8-19(9-11-37)22-4-5-23-24(28(22)33)17-38(31(23)41)26-6-7-27(39)35-30(26)40/h2-5,16,19,26,34H,6-15,17H2,1H3,(H,35,39,40). The maximum atomic E-state index is 15.9. The van der Waals surface area contributed by atoms with Gasteiger partial charge in [0, 0.05) is 60.3 Å². The Morgan fingerprint density at radius 2 is 1.77 bits per heavy atom. The second kappa shape index (κ2) is 10.8. The number of carbonyl (C=O) groups is 4. The topological polar surface area (TPSA) is 115 Å². The number of hydrogen-bond donors (Lipinski definition) is 2. The van der Waals surface area contributed by atoms with E-state index in [0.717, 1.165) is 35.2 Å². The van der Waals surface area contributed by atoms with E-state index in [9.17, 15) is 19.2 Å². The molecule has 3 saturated heterocycles. The third-order valence-electron chi connectivity index (χ3n) is 9.53. The summed E-state index contributed by atoms with van der Waals surface area (Å²) < 4.78 is 21.3. The fourth-order valence-electron chi connectivity index (χ4n) is 7.05. The minimum absolute atomic E-state index is 0.00433. The number of aryl methyl sites for hydroxylation is 1. The summed E-state index contributed by atoms with van der Waals surface area (Å²) in [6, 6.07) is 8.80. The van der Waals surface area contributed by atoms with Crippen LogP contribution in [0, 0.1) is 12.7 Å². The van der Waals surface area contributed by atoms with E-state index in [4.69, 9.17) is 4.74 Å².